The molecule has 4 fully saturated rings. The van der Waals surface area contributed by atoms with Gasteiger partial charge in [-0.05, 0) is 97.7 Å². The maximum atomic E-state index is 13.1. The average molecular weight is 681 g/mol. The molecule has 0 aromatic rings. The van der Waals surface area contributed by atoms with Crippen LogP contribution in [0, 0.1) is 46.3 Å². The van der Waals surface area contributed by atoms with E-state index in [0.717, 1.165) is 66.9 Å². The molecular weight excluding hydrogens is 612 g/mol. The molecule has 1 saturated heterocycles. The molecular formula is C42H68N2O5. The van der Waals surface area contributed by atoms with E-state index in [9.17, 15) is 14.4 Å². The Morgan fingerprint density at radius 3 is 2.53 bits per heavy atom. The Hall–Kier alpha value is -2.18. The number of carbonyl (C=O) groups is 3. The first-order chi connectivity index (χ1) is 23.4. The van der Waals surface area contributed by atoms with Gasteiger partial charge in [-0.25, -0.2) is 0 Å². The van der Waals surface area contributed by atoms with E-state index in [1.807, 2.05) is 4.90 Å². The number of Topliss-reactive ketones (excluding diaryl/α,β-unsaturated/α-hetero) is 1. The van der Waals surface area contributed by atoms with Crippen LogP contribution < -0.4 is 0 Å². The summed E-state index contributed by atoms with van der Waals surface area (Å²) in [5.41, 5.74) is 3.49. The zero-order valence-corrected chi connectivity index (χ0v) is 32.1. The van der Waals surface area contributed by atoms with E-state index in [1.54, 1.807) is 12.5 Å². The number of allylic oxidation sites excluding steroid dienone is 2. The van der Waals surface area contributed by atoms with Crippen molar-refractivity contribution in [2.45, 2.75) is 170 Å². The van der Waals surface area contributed by atoms with Gasteiger partial charge in [-0.15, -0.1) is 0 Å². The lowest BCUT2D eigenvalue weighted by Crippen LogP contribution is -2.50. The van der Waals surface area contributed by atoms with Gasteiger partial charge in [0.15, 0.2) is 0 Å². The minimum absolute atomic E-state index is 0.0208. The molecule has 0 radical (unpaired) electrons. The molecule has 5 rings (SSSR count). The second-order valence-corrected chi connectivity index (χ2v) is 17.6. The van der Waals surface area contributed by atoms with Gasteiger partial charge in [0, 0.05) is 31.7 Å². The zero-order chi connectivity index (χ0) is 35.3. The van der Waals surface area contributed by atoms with Crippen LogP contribution in [0.3, 0.4) is 0 Å². The van der Waals surface area contributed by atoms with E-state index in [-0.39, 0.29) is 61.1 Å². The Balaban J connectivity index is 1.10. The summed E-state index contributed by atoms with van der Waals surface area (Å²) in [5, 5.41) is 4.58. The van der Waals surface area contributed by atoms with E-state index >= 15 is 0 Å². The standard InChI is InChI=1S/C42H68N2O5/c1-8-32-26-34(49-40(47)18-14-33(45)9-2)27-44(32)39(46)21-24-48-43-31-19-22-41(6)30(25-31)13-15-35-37-17-16-36(29(5)12-10-11-28(3)4)42(37,7)23-20-38(35)41/h13,28-29,32,34-38H,8-12,14-27H2,1-7H3/b43-31+. The molecule has 7 nitrogen and oxygen atoms in total. The number of likely N-dealkylation sites (tertiary alicyclic amines) is 1. The Morgan fingerprint density at radius 2 is 1.80 bits per heavy atom. The van der Waals surface area contributed by atoms with Crippen LogP contribution in [-0.2, 0) is 24.0 Å². The van der Waals surface area contributed by atoms with E-state index in [4.69, 9.17) is 9.57 Å². The van der Waals surface area contributed by atoms with E-state index in [2.05, 4.69) is 52.8 Å². The van der Waals surface area contributed by atoms with Crippen molar-refractivity contribution in [3.63, 3.8) is 0 Å². The molecule has 0 spiro atoms. The quantitative estimate of drug-likeness (QED) is 0.0745. The molecule has 0 bridgehead atoms. The summed E-state index contributed by atoms with van der Waals surface area (Å²) >= 11 is 0. The van der Waals surface area contributed by atoms with Crippen LogP contribution in [0.25, 0.3) is 0 Å². The first kappa shape index (κ1) is 38.1. The molecule has 3 saturated carbocycles. The van der Waals surface area contributed by atoms with Crippen LogP contribution in [0.4, 0.5) is 0 Å². The summed E-state index contributed by atoms with van der Waals surface area (Å²) in [6, 6.07) is 0.0536. The molecule has 5 aliphatic rings. The van der Waals surface area contributed by atoms with Gasteiger partial charge in [-0.1, -0.05) is 84.5 Å². The lowest BCUT2D eigenvalue weighted by Gasteiger charge is -2.58. The van der Waals surface area contributed by atoms with Crippen molar-refractivity contribution >= 4 is 23.4 Å². The maximum Gasteiger partial charge on any atom is 0.306 e. The van der Waals surface area contributed by atoms with Gasteiger partial charge >= 0.3 is 5.97 Å². The summed E-state index contributed by atoms with van der Waals surface area (Å²) in [6.45, 7) is 17.1. The number of carbonyl (C=O) groups excluding carboxylic acids is 3. The Morgan fingerprint density at radius 1 is 1.00 bits per heavy atom. The molecule has 1 amide bonds. The van der Waals surface area contributed by atoms with Gasteiger partial charge in [-0.3, -0.25) is 14.4 Å². The monoisotopic (exact) mass is 681 g/mol. The summed E-state index contributed by atoms with van der Waals surface area (Å²) in [5.74, 6) is 4.77. The number of hydrogen-bond acceptors (Lipinski definition) is 6. The van der Waals surface area contributed by atoms with Gasteiger partial charge in [0.05, 0.1) is 25.1 Å². The van der Waals surface area contributed by atoms with Crippen molar-refractivity contribution in [3.05, 3.63) is 11.6 Å². The highest BCUT2D eigenvalue weighted by Crippen LogP contribution is 2.67. The van der Waals surface area contributed by atoms with Crippen molar-refractivity contribution < 1.29 is 24.0 Å². The molecule has 1 heterocycles. The topological polar surface area (TPSA) is 85.3 Å². The summed E-state index contributed by atoms with van der Waals surface area (Å²) < 4.78 is 5.62. The van der Waals surface area contributed by atoms with Crippen LogP contribution in [0.15, 0.2) is 16.8 Å². The largest absolute Gasteiger partial charge is 0.460 e. The third-order valence-electron chi connectivity index (χ3n) is 14.2. The van der Waals surface area contributed by atoms with Gasteiger partial charge in [0.25, 0.3) is 0 Å². The summed E-state index contributed by atoms with van der Waals surface area (Å²) in [6.07, 6.45) is 18.8. The Labute approximate surface area is 297 Å². The van der Waals surface area contributed by atoms with Crippen LogP contribution in [0.5, 0.6) is 0 Å². The lowest BCUT2D eigenvalue weighted by molar-refractivity contribution is -0.150. The number of amides is 1. The fourth-order valence-electron chi connectivity index (χ4n) is 11.3. The highest BCUT2D eigenvalue weighted by Gasteiger charge is 2.59. The smallest absolute Gasteiger partial charge is 0.306 e. The molecule has 1 aliphatic heterocycles. The third-order valence-corrected chi connectivity index (χ3v) is 14.2. The average Bonchev–Trinajstić information content (AvgIpc) is 3.65. The molecule has 276 valence electrons. The normalized spacial score (nSPS) is 35.4. The summed E-state index contributed by atoms with van der Waals surface area (Å²) in [7, 11) is 0. The number of esters is 1. The second kappa shape index (κ2) is 16.4. The minimum Gasteiger partial charge on any atom is -0.460 e. The van der Waals surface area contributed by atoms with Crippen LogP contribution in [0.2, 0.25) is 0 Å². The fourth-order valence-corrected chi connectivity index (χ4v) is 11.3. The van der Waals surface area contributed by atoms with Crippen molar-refractivity contribution in [2.24, 2.45) is 51.5 Å². The van der Waals surface area contributed by atoms with Crippen molar-refractivity contribution in [2.75, 3.05) is 13.2 Å². The maximum absolute atomic E-state index is 13.1. The van der Waals surface area contributed by atoms with E-state index < -0.39 is 0 Å². The first-order valence-electron chi connectivity index (χ1n) is 20.3. The lowest BCUT2D eigenvalue weighted by atomic mass is 9.47. The van der Waals surface area contributed by atoms with Gasteiger partial charge in [0.2, 0.25) is 5.91 Å². The van der Waals surface area contributed by atoms with Crippen LogP contribution in [-0.4, -0.2) is 53.6 Å². The number of fused-ring (bicyclic) bond motifs is 5. The van der Waals surface area contributed by atoms with E-state index in [1.165, 1.54) is 51.4 Å². The molecule has 9 unspecified atom stereocenters. The Kier molecular flexibility index (Phi) is 12.8. The van der Waals surface area contributed by atoms with Gasteiger partial charge in [0.1, 0.15) is 18.5 Å². The number of oxime groups is 1. The predicted octanol–water partition coefficient (Wildman–Crippen LogP) is 9.47. The van der Waals surface area contributed by atoms with Gasteiger partial charge < -0.3 is 14.5 Å². The van der Waals surface area contributed by atoms with Crippen molar-refractivity contribution in [1.82, 2.24) is 4.90 Å². The molecule has 7 heteroatoms. The van der Waals surface area contributed by atoms with Crippen LogP contribution >= 0.6 is 0 Å². The number of rotatable bonds is 15. The third kappa shape index (κ3) is 8.49. The highest BCUT2D eigenvalue weighted by atomic mass is 16.6. The number of ketones is 1. The molecule has 0 aromatic carbocycles. The molecule has 4 aliphatic carbocycles. The Bertz CT molecular complexity index is 1240. The van der Waals surface area contributed by atoms with Crippen LogP contribution in [0.1, 0.15) is 158 Å². The summed E-state index contributed by atoms with van der Waals surface area (Å²) in [4.78, 5) is 44.6. The molecule has 9 atom stereocenters. The fraction of sp³-hybridized carbons (Fsp3) is 0.857. The predicted molar refractivity (Wildman–Crippen MR) is 196 cm³/mol. The number of nitrogens with zero attached hydrogens (tertiary/aromatic N) is 2. The highest BCUT2D eigenvalue weighted by molar-refractivity contribution is 5.88. The number of hydrogen-bond donors (Lipinski definition) is 0. The SMILES string of the molecule is CCC(=O)CCC(=O)OC1CC(CC)N(C(=O)CCO/N=C2\CCC3(C)C(=CCC4C3CCC3(C)C(C(C)CCCC(C)C)CCC43)C2)C1. The van der Waals surface area contributed by atoms with Crippen molar-refractivity contribution in [1.29, 1.82) is 0 Å². The minimum atomic E-state index is -0.353. The molecule has 0 N–H and O–H groups in total. The van der Waals surface area contributed by atoms with Crippen molar-refractivity contribution in [3.8, 4) is 0 Å². The molecule has 0 aromatic heterocycles. The van der Waals surface area contributed by atoms with E-state index in [0.29, 0.717) is 24.8 Å². The first-order valence-corrected chi connectivity index (χ1v) is 20.3. The number of ether oxygens (including phenoxy) is 1. The zero-order valence-electron chi connectivity index (χ0n) is 32.1. The van der Waals surface area contributed by atoms with Gasteiger partial charge in [-0.2, -0.15) is 0 Å². The molecule has 49 heavy (non-hydrogen) atoms. The second-order valence-electron chi connectivity index (χ2n) is 17.6.